The summed E-state index contributed by atoms with van der Waals surface area (Å²) in [6.45, 7) is 5.88. The predicted molar refractivity (Wildman–Crippen MR) is 63.1 cm³/mol. The van der Waals surface area contributed by atoms with Crippen molar-refractivity contribution in [3.8, 4) is 0 Å². The lowest BCUT2D eigenvalue weighted by atomic mass is 9.84. The van der Waals surface area contributed by atoms with Crippen molar-refractivity contribution in [2.45, 2.75) is 33.3 Å². The van der Waals surface area contributed by atoms with Crippen LogP contribution in [0, 0.1) is 17.8 Å². The Balaban J connectivity index is 2.62. The minimum Gasteiger partial charge on any atom is -0.466 e. The molecule has 0 aromatic carbocycles. The topological polar surface area (TPSA) is 52.6 Å². The van der Waals surface area contributed by atoms with Crippen molar-refractivity contribution in [2.75, 3.05) is 7.11 Å². The van der Waals surface area contributed by atoms with Crippen LogP contribution in [0.2, 0.25) is 0 Å². The van der Waals surface area contributed by atoms with Crippen molar-refractivity contribution in [3.05, 3.63) is 12.2 Å². The van der Waals surface area contributed by atoms with Crippen molar-refractivity contribution < 1.29 is 19.1 Å². The largest absolute Gasteiger partial charge is 0.466 e. The summed E-state index contributed by atoms with van der Waals surface area (Å²) < 4.78 is 9.92. The van der Waals surface area contributed by atoms with E-state index in [4.69, 9.17) is 4.74 Å². The third kappa shape index (κ3) is 3.58. The van der Waals surface area contributed by atoms with E-state index < -0.39 is 0 Å². The Morgan fingerprint density at radius 3 is 2.76 bits per heavy atom. The van der Waals surface area contributed by atoms with Gasteiger partial charge in [0.15, 0.2) is 0 Å². The number of carbonyl (C=O) groups is 2. The minimum atomic E-state index is -0.389. The van der Waals surface area contributed by atoms with E-state index in [1.54, 1.807) is 6.08 Å². The summed E-state index contributed by atoms with van der Waals surface area (Å²) in [5.41, 5.74) is 0. The van der Waals surface area contributed by atoms with Crippen molar-refractivity contribution >= 4 is 11.9 Å². The molecule has 1 aliphatic heterocycles. The van der Waals surface area contributed by atoms with Crippen LogP contribution in [0.4, 0.5) is 0 Å². The van der Waals surface area contributed by atoms with Crippen LogP contribution in [0.25, 0.3) is 0 Å². The Kier molecular flexibility index (Phi) is 4.73. The number of hydrogen-bond donors (Lipinski definition) is 0. The molecule has 0 radical (unpaired) electrons. The fourth-order valence-electron chi connectivity index (χ4n) is 2.19. The molecule has 0 N–H and O–H groups in total. The normalized spacial score (nSPS) is 31.1. The molecule has 0 amide bonds. The summed E-state index contributed by atoms with van der Waals surface area (Å²) in [5.74, 6) is -0.245. The molecule has 0 spiro atoms. The van der Waals surface area contributed by atoms with Gasteiger partial charge in [-0.25, -0.2) is 4.79 Å². The van der Waals surface area contributed by atoms with Gasteiger partial charge in [0.2, 0.25) is 0 Å². The van der Waals surface area contributed by atoms with Gasteiger partial charge < -0.3 is 9.47 Å². The molecule has 1 fully saturated rings. The Labute approximate surface area is 102 Å². The molecule has 96 valence electrons. The maximum absolute atomic E-state index is 11.5. The zero-order valence-corrected chi connectivity index (χ0v) is 10.8. The molecule has 4 nitrogen and oxygen atoms in total. The van der Waals surface area contributed by atoms with Gasteiger partial charge in [-0.15, -0.1) is 0 Å². The van der Waals surface area contributed by atoms with Crippen LogP contribution >= 0.6 is 0 Å². The van der Waals surface area contributed by atoms with Crippen LogP contribution in [0.3, 0.4) is 0 Å². The van der Waals surface area contributed by atoms with Crippen molar-refractivity contribution in [2.24, 2.45) is 17.8 Å². The Bertz CT molecular complexity index is 321. The van der Waals surface area contributed by atoms with Crippen LogP contribution in [0.1, 0.15) is 27.2 Å². The molecular weight excluding hydrogens is 220 g/mol. The van der Waals surface area contributed by atoms with E-state index in [0.717, 1.165) is 6.42 Å². The number of rotatable bonds is 3. The molecule has 0 aromatic rings. The highest BCUT2D eigenvalue weighted by Gasteiger charge is 2.35. The SMILES string of the molecule is COC(=O)/C=C\[C@H](C)[C@H]1OC(=O)[C@H](C)C[C@@H]1C. The summed E-state index contributed by atoms with van der Waals surface area (Å²) in [5, 5.41) is 0. The standard InChI is InChI=1S/C13H20O4/c1-8(5-6-11(14)16-4)12-9(2)7-10(3)13(15)17-12/h5-6,8-10,12H,7H2,1-4H3/b6-5-/t8-,9-,10+,12+/m0/s1. The molecule has 0 bridgehead atoms. The first kappa shape index (κ1) is 13.7. The fraction of sp³-hybridized carbons (Fsp3) is 0.692. The molecule has 1 rings (SSSR count). The molecule has 4 heteroatoms. The number of esters is 2. The van der Waals surface area contributed by atoms with Crippen molar-refractivity contribution in [3.63, 3.8) is 0 Å². The second kappa shape index (κ2) is 5.84. The summed E-state index contributed by atoms with van der Waals surface area (Å²) in [6.07, 6.45) is 3.79. The molecule has 17 heavy (non-hydrogen) atoms. The summed E-state index contributed by atoms with van der Waals surface area (Å²) in [6, 6.07) is 0. The molecule has 1 aliphatic rings. The van der Waals surface area contributed by atoms with Crippen molar-refractivity contribution in [1.29, 1.82) is 0 Å². The molecule has 0 aliphatic carbocycles. The second-order valence-electron chi connectivity index (χ2n) is 4.76. The Morgan fingerprint density at radius 1 is 1.53 bits per heavy atom. The average Bonchev–Trinajstić information content (AvgIpc) is 2.30. The van der Waals surface area contributed by atoms with E-state index >= 15 is 0 Å². The molecular formula is C13H20O4. The van der Waals surface area contributed by atoms with Gasteiger partial charge in [-0.2, -0.15) is 0 Å². The fourth-order valence-corrected chi connectivity index (χ4v) is 2.19. The van der Waals surface area contributed by atoms with Gasteiger partial charge >= 0.3 is 11.9 Å². The van der Waals surface area contributed by atoms with Gasteiger partial charge in [0.25, 0.3) is 0 Å². The first-order chi connectivity index (χ1) is 7.95. The van der Waals surface area contributed by atoms with E-state index in [2.05, 4.69) is 11.7 Å². The highest BCUT2D eigenvalue weighted by atomic mass is 16.5. The highest BCUT2D eigenvalue weighted by Crippen LogP contribution is 2.30. The molecule has 1 saturated heterocycles. The maximum Gasteiger partial charge on any atom is 0.330 e. The first-order valence-electron chi connectivity index (χ1n) is 5.92. The van der Waals surface area contributed by atoms with Crippen LogP contribution in [0.15, 0.2) is 12.2 Å². The van der Waals surface area contributed by atoms with Gasteiger partial charge in [-0.1, -0.05) is 26.8 Å². The predicted octanol–water partition coefficient (Wildman–Crippen LogP) is 1.94. The molecule has 1 heterocycles. The van der Waals surface area contributed by atoms with Crippen molar-refractivity contribution in [1.82, 2.24) is 0 Å². The molecule has 0 aromatic heterocycles. The van der Waals surface area contributed by atoms with Crippen LogP contribution in [-0.4, -0.2) is 25.2 Å². The zero-order chi connectivity index (χ0) is 13.0. The van der Waals surface area contributed by atoms with E-state index in [-0.39, 0.29) is 29.9 Å². The summed E-state index contributed by atoms with van der Waals surface area (Å²) >= 11 is 0. The summed E-state index contributed by atoms with van der Waals surface area (Å²) in [7, 11) is 1.34. The van der Waals surface area contributed by atoms with Gasteiger partial charge in [-0.05, 0) is 12.3 Å². The lowest BCUT2D eigenvalue weighted by Gasteiger charge is -2.34. The second-order valence-corrected chi connectivity index (χ2v) is 4.76. The number of cyclic esters (lactones) is 1. The van der Waals surface area contributed by atoms with Gasteiger partial charge in [-0.3, -0.25) is 4.79 Å². The Hall–Kier alpha value is -1.32. The van der Waals surface area contributed by atoms with Crippen LogP contribution < -0.4 is 0 Å². The highest BCUT2D eigenvalue weighted by molar-refractivity contribution is 5.81. The smallest absolute Gasteiger partial charge is 0.330 e. The summed E-state index contributed by atoms with van der Waals surface area (Å²) in [4.78, 5) is 22.5. The zero-order valence-electron chi connectivity index (χ0n) is 10.8. The quantitative estimate of drug-likeness (QED) is 0.559. The van der Waals surface area contributed by atoms with Crippen LogP contribution in [0.5, 0.6) is 0 Å². The lowest BCUT2D eigenvalue weighted by molar-refractivity contribution is -0.166. The Morgan fingerprint density at radius 2 is 2.18 bits per heavy atom. The van der Waals surface area contributed by atoms with Gasteiger partial charge in [0.05, 0.1) is 13.0 Å². The number of carbonyl (C=O) groups excluding carboxylic acids is 2. The lowest BCUT2D eigenvalue weighted by Crippen LogP contribution is -2.39. The van der Waals surface area contributed by atoms with E-state index in [1.165, 1.54) is 13.2 Å². The minimum absolute atomic E-state index is 0.0144. The van der Waals surface area contributed by atoms with Gasteiger partial charge in [0, 0.05) is 12.0 Å². The number of ether oxygens (including phenoxy) is 2. The number of hydrogen-bond acceptors (Lipinski definition) is 4. The monoisotopic (exact) mass is 240 g/mol. The van der Waals surface area contributed by atoms with Crippen LogP contribution in [-0.2, 0) is 19.1 Å². The average molecular weight is 240 g/mol. The molecule has 4 atom stereocenters. The molecule has 0 unspecified atom stereocenters. The molecule has 0 saturated carbocycles. The third-order valence-corrected chi connectivity index (χ3v) is 3.20. The van der Waals surface area contributed by atoms with E-state index in [9.17, 15) is 9.59 Å². The van der Waals surface area contributed by atoms with E-state index in [1.807, 2.05) is 13.8 Å². The van der Waals surface area contributed by atoms with Gasteiger partial charge in [0.1, 0.15) is 6.10 Å². The third-order valence-electron chi connectivity index (χ3n) is 3.20. The van der Waals surface area contributed by atoms with E-state index in [0.29, 0.717) is 5.92 Å². The maximum atomic E-state index is 11.5. The number of methoxy groups -OCH3 is 1. The first-order valence-corrected chi connectivity index (χ1v) is 5.92.